The molecule has 0 spiro atoms. The molecule has 2 atom stereocenters. The van der Waals surface area contributed by atoms with E-state index in [9.17, 15) is 0 Å². The van der Waals surface area contributed by atoms with E-state index in [0.29, 0.717) is 0 Å². The Labute approximate surface area is 88.7 Å². The molecule has 0 radical (unpaired) electrons. The highest BCUT2D eigenvalue weighted by atomic mass is 14.8. The Morgan fingerprint density at radius 2 is 2.00 bits per heavy atom. The van der Waals surface area contributed by atoms with E-state index in [0.717, 1.165) is 24.8 Å². The van der Waals surface area contributed by atoms with Gasteiger partial charge in [0.25, 0.3) is 0 Å². The van der Waals surface area contributed by atoms with Gasteiger partial charge in [-0.25, -0.2) is 0 Å². The first kappa shape index (κ1) is 11.6. The SMILES string of the molecule is C#CCCC1CCCCC1CNCC. The van der Waals surface area contributed by atoms with Crippen molar-refractivity contribution in [3.63, 3.8) is 0 Å². The van der Waals surface area contributed by atoms with Crippen LogP contribution < -0.4 is 5.32 Å². The largest absolute Gasteiger partial charge is 0.317 e. The minimum Gasteiger partial charge on any atom is -0.317 e. The lowest BCUT2D eigenvalue weighted by atomic mass is 9.77. The molecule has 1 saturated carbocycles. The second-order valence-corrected chi connectivity index (χ2v) is 4.36. The molecular weight excluding hydrogens is 170 g/mol. The van der Waals surface area contributed by atoms with E-state index in [-0.39, 0.29) is 0 Å². The van der Waals surface area contributed by atoms with Gasteiger partial charge in [0.1, 0.15) is 0 Å². The lowest BCUT2D eigenvalue weighted by molar-refractivity contribution is 0.220. The van der Waals surface area contributed by atoms with Crippen molar-refractivity contribution in [2.24, 2.45) is 11.8 Å². The van der Waals surface area contributed by atoms with Crippen LogP contribution in [0.25, 0.3) is 0 Å². The topological polar surface area (TPSA) is 12.0 Å². The average molecular weight is 193 g/mol. The van der Waals surface area contributed by atoms with Gasteiger partial charge in [0, 0.05) is 6.42 Å². The fourth-order valence-electron chi connectivity index (χ4n) is 2.53. The summed E-state index contributed by atoms with van der Waals surface area (Å²) in [5, 5.41) is 3.47. The van der Waals surface area contributed by atoms with E-state index in [4.69, 9.17) is 6.42 Å². The zero-order valence-electron chi connectivity index (χ0n) is 9.39. The molecule has 0 amide bonds. The molecular formula is C13H23N. The van der Waals surface area contributed by atoms with E-state index in [1.54, 1.807) is 0 Å². The Kier molecular flexibility index (Phi) is 5.71. The molecule has 0 heterocycles. The zero-order valence-corrected chi connectivity index (χ0v) is 9.39. The first-order valence-electron chi connectivity index (χ1n) is 6.02. The molecule has 1 heteroatoms. The fraction of sp³-hybridized carbons (Fsp3) is 0.846. The number of hydrogen-bond acceptors (Lipinski definition) is 1. The Bertz CT molecular complexity index is 180. The predicted molar refractivity (Wildman–Crippen MR) is 62.1 cm³/mol. The summed E-state index contributed by atoms with van der Waals surface area (Å²) in [5.41, 5.74) is 0. The van der Waals surface area contributed by atoms with Crippen LogP contribution in [0.4, 0.5) is 0 Å². The van der Waals surface area contributed by atoms with Gasteiger partial charge in [0.05, 0.1) is 0 Å². The van der Waals surface area contributed by atoms with E-state index in [1.807, 2.05) is 0 Å². The van der Waals surface area contributed by atoms with Gasteiger partial charge in [-0.05, 0) is 37.8 Å². The van der Waals surface area contributed by atoms with Gasteiger partial charge in [-0.1, -0.05) is 26.2 Å². The van der Waals surface area contributed by atoms with Crippen LogP contribution in [0.15, 0.2) is 0 Å². The third-order valence-electron chi connectivity index (χ3n) is 3.38. The van der Waals surface area contributed by atoms with Crippen molar-refractivity contribution in [2.45, 2.75) is 45.4 Å². The highest BCUT2D eigenvalue weighted by molar-refractivity contribution is 4.86. The Hall–Kier alpha value is -0.480. The van der Waals surface area contributed by atoms with Gasteiger partial charge in [-0.2, -0.15) is 0 Å². The van der Waals surface area contributed by atoms with Crippen molar-refractivity contribution in [3.8, 4) is 12.3 Å². The highest BCUT2D eigenvalue weighted by Gasteiger charge is 2.23. The summed E-state index contributed by atoms with van der Waals surface area (Å²) in [6.07, 6.45) is 13.2. The first-order chi connectivity index (χ1) is 6.88. The van der Waals surface area contributed by atoms with Gasteiger partial charge in [-0.3, -0.25) is 0 Å². The number of hydrogen-bond donors (Lipinski definition) is 1. The van der Waals surface area contributed by atoms with Gasteiger partial charge in [-0.15, -0.1) is 12.3 Å². The summed E-state index contributed by atoms with van der Waals surface area (Å²) in [5.74, 6) is 4.55. The van der Waals surface area contributed by atoms with Gasteiger partial charge in [0.2, 0.25) is 0 Å². The monoisotopic (exact) mass is 193 g/mol. The molecule has 1 nitrogen and oxygen atoms in total. The second-order valence-electron chi connectivity index (χ2n) is 4.36. The molecule has 1 aliphatic carbocycles. The van der Waals surface area contributed by atoms with Crippen molar-refractivity contribution < 1.29 is 0 Å². The van der Waals surface area contributed by atoms with Crippen LogP contribution in [-0.4, -0.2) is 13.1 Å². The lowest BCUT2D eigenvalue weighted by Crippen LogP contribution is -2.30. The van der Waals surface area contributed by atoms with Crippen molar-refractivity contribution in [1.29, 1.82) is 0 Å². The van der Waals surface area contributed by atoms with Crippen LogP contribution in [0.3, 0.4) is 0 Å². The molecule has 0 aliphatic heterocycles. The molecule has 0 aromatic heterocycles. The maximum Gasteiger partial charge on any atom is 0.00888 e. The molecule has 1 rings (SSSR count). The molecule has 0 bridgehead atoms. The molecule has 0 saturated heterocycles. The van der Waals surface area contributed by atoms with E-state index >= 15 is 0 Å². The maximum absolute atomic E-state index is 5.33. The van der Waals surface area contributed by atoms with Gasteiger partial charge in [0.15, 0.2) is 0 Å². The first-order valence-corrected chi connectivity index (χ1v) is 6.02. The number of rotatable bonds is 5. The Balaban J connectivity index is 2.30. The summed E-state index contributed by atoms with van der Waals surface area (Å²) >= 11 is 0. The molecule has 1 aliphatic rings. The van der Waals surface area contributed by atoms with Gasteiger partial charge >= 0.3 is 0 Å². The summed E-state index contributed by atoms with van der Waals surface area (Å²) < 4.78 is 0. The summed E-state index contributed by atoms with van der Waals surface area (Å²) in [6.45, 7) is 4.48. The normalized spacial score (nSPS) is 27.1. The van der Waals surface area contributed by atoms with Crippen molar-refractivity contribution in [3.05, 3.63) is 0 Å². The van der Waals surface area contributed by atoms with Gasteiger partial charge < -0.3 is 5.32 Å². The zero-order chi connectivity index (χ0) is 10.2. The number of terminal acetylenes is 1. The molecule has 0 aromatic carbocycles. The van der Waals surface area contributed by atoms with Crippen LogP contribution in [0.5, 0.6) is 0 Å². The van der Waals surface area contributed by atoms with E-state index in [1.165, 1.54) is 38.6 Å². The fourth-order valence-corrected chi connectivity index (χ4v) is 2.53. The Morgan fingerprint density at radius 3 is 2.64 bits per heavy atom. The van der Waals surface area contributed by atoms with Crippen LogP contribution in [0, 0.1) is 24.2 Å². The summed E-state index contributed by atoms with van der Waals surface area (Å²) in [4.78, 5) is 0. The Morgan fingerprint density at radius 1 is 1.29 bits per heavy atom. The second kappa shape index (κ2) is 6.90. The summed E-state index contributed by atoms with van der Waals surface area (Å²) in [7, 11) is 0. The molecule has 1 N–H and O–H groups in total. The smallest absolute Gasteiger partial charge is 0.00888 e. The highest BCUT2D eigenvalue weighted by Crippen LogP contribution is 2.32. The molecule has 14 heavy (non-hydrogen) atoms. The standard InChI is InChI=1S/C13H23N/c1-3-5-8-12-9-6-7-10-13(12)11-14-4-2/h1,12-14H,4-11H2,2H3. The quantitative estimate of drug-likeness (QED) is 0.662. The van der Waals surface area contributed by atoms with Crippen molar-refractivity contribution >= 4 is 0 Å². The van der Waals surface area contributed by atoms with Crippen LogP contribution in [0.2, 0.25) is 0 Å². The predicted octanol–water partition coefficient (Wildman–Crippen LogP) is 2.82. The minimum atomic E-state index is 0.886. The number of nitrogens with one attached hydrogen (secondary N) is 1. The van der Waals surface area contributed by atoms with Crippen LogP contribution in [0.1, 0.15) is 45.4 Å². The van der Waals surface area contributed by atoms with E-state index < -0.39 is 0 Å². The van der Waals surface area contributed by atoms with E-state index in [2.05, 4.69) is 18.2 Å². The maximum atomic E-state index is 5.33. The van der Waals surface area contributed by atoms with Crippen molar-refractivity contribution in [1.82, 2.24) is 5.32 Å². The third-order valence-corrected chi connectivity index (χ3v) is 3.38. The minimum absolute atomic E-state index is 0.886. The summed E-state index contributed by atoms with van der Waals surface area (Å²) in [6, 6.07) is 0. The van der Waals surface area contributed by atoms with Crippen molar-refractivity contribution in [2.75, 3.05) is 13.1 Å². The third kappa shape index (κ3) is 3.72. The molecule has 1 fully saturated rings. The molecule has 2 unspecified atom stereocenters. The average Bonchev–Trinajstić information content (AvgIpc) is 2.24. The molecule has 80 valence electrons. The van der Waals surface area contributed by atoms with Crippen LogP contribution >= 0.6 is 0 Å². The van der Waals surface area contributed by atoms with Crippen LogP contribution in [-0.2, 0) is 0 Å². The molecule has 0 aromatic rings. The lowest BCUT2D eigenvalue weighted by Gasteiger charge is -2.31.